The third kappa shape index (κ3) is 3.68. The van der Waals surface area contributed by atoms with E-state index in [0.29, 0.717) is 36.2 Å². The van der Waals surface area contributed by atoms with Gasteiger partial charge in [0.05, 0.1) is 12.1 Å². The van der Waals surface area contributed by atoms with E-state index < -0.39 is 0 Å². The molecule has 162 valence electrons. The van der Waals surface area contributed by atoms with E-state index in [9.17, 15) is 4.79 Å². The van der Waals surface area contributed by atoms with Gasteiger partial charge < -0.3 is 23.9 Å². The van der Waals surface area contributed by atoms with Crippen molar-refractivity contribution in [2.24, 2.45) is 0 Å². The number of ether oxygens (including phenoxy) is 2. The molecule has 9 nitrogen and oxygen atoms in total. The van der Waals surface area contributed by atoms with Gasteiger partial charge in [0, 0.05) is 41.1 Å². The summed E-state index contributed by atoms with van der Waals surface area (Å²) in [5, 5.41) is 6.81. The molecule has 0 aliphatic carbocycles. The second-order valence-corrected chi connectivity index (χ2v) is 7.38. The van der Waals surface area contributed by atoms with Gasteiger partial charge in [-0.1, -0.05) is 5.16 Å². The van der Waals surface area contributed by atoms with Gasteiger partial charge in [-0.05, 0) is 44.2 Å². The van der Waals surface area contributed by atoms with E-state index in [1.165, 1.54) is 0 Å². The first-order chi connectivity index (χ1) is 15.6. The highest BCUT2D eigenvalue weighted by atomic mass is 16.6. The van der Waals surface area contributed by atoms with Crippen molar-refractivity contribution < 1.29 is 18.8 Å². The summed E-state index contributed by atoms with van der Waals surface area (Å²) in [4.78, 5) is 21.2. The molecule has 0 fully saturated rings. The van der Waals surface area contributed by atoms with Crippen molar-refractivity contribution in [1.29, 1.82) is 0 Å². The average Bonchev–Trinajstić information content (AvgIpc) is 3.42. The molecule has 0 atom stereocenters. The molecule has 5 rings (SSSR count). The fourth-order valence-corrected chi connectivity index (χ4v) is 3.76. The lowest BCUT2D eigenvalue weighted by molar-refractivity contribution is 0.0945. The van der Waals surface area contributed by atoms with Crippen LogP contribution in [0.2, 0.25) is 0 Å². The van der Waals surface area contributed by atoms with Crippen molar-refractivity contribution in [2.45, 2.75) is 20.4 Å². The fourth-order valence-electron chi connectivity index (χ4n) is 3.76. The van der Waals surface area contributed by atoms with Crippen LogP contribution < -0.4 is 14.8 Å². The Morgan fingerprint density at radius 1 is 1.06 bits per heavy atom. The molecule has 4 aromatic rings. The highest BCUT2D eigenvalue weighted by Crippen LogP contribution is 2.33. The number of carbonyl (C=O) groups is 1. The number of nitrogens with one attached hydrogen (secondary N) is 1. The first-order valence-corrected chi connectivity index (χ1v) is 10.2. The Morgan fingerprint density at radius 3 is 2.66 bits per heavy atom. The van der Waals surface area contributed by atoms with Gasteiger partial charge in [-0.15, -0.1) is 0 Å². The van der Waals surface area contributed by atoms with Crippen LogP contribution in [0.3, 0.4) is 0 Å². The molecule has 0 radical (unpaired) electrons. The first kappa shape index (κ1) is 19.8. The smallest absolute Gasteiger partial charge is 0.253 e. The lowest BCUT2D eigenvalue weighted by atomic mass is 10.2. The van der Waals surface area contributed by atoms with Gasteiger partial charge in [-0.2, -0.15) is 4.98 Å². The molecule has 32 heavy (non-hydrogen) atoms. The number of aromatic nitrogens is 4. The number of hydrogen-bond donors (Lipinski definition) is 1. The van der Waals surface area contributed by atoms with Crippen molar-refractivity contribution in [3.63, 3.8) is 0 Å². The zero-order valence-electron chi connectivity index (χ0n) is 17.7. The van der Waals surface area contributed by atoms with E-state index in [1.54, 1.807) is 24.5 Å². The summed E-state index contributed by atoms with van der Waals surface area (Å²) in [6, 6.07) is 11.2. The van der Waals surface area contributed by atoms with Gasteiger partial charge in [-0.25, -0.2) is 0 Å². The van der Waals surface area contributed by atoms with Crippen LogP contribution >= 0.6 is 0 Å². The maximum absolute atomic E-state index is 12.9. The van der Waals surface area contributed by atoms with E-state index in [0.717, 1.165) is 28.4 Å². The summed E-state index contributed by atoms with van der Waals surface area (Å²) < 4.78 is 18.6. The van der Waals surface area contributed by atoms with E-state index in [2.05, 4.69) is 20.4 Å². The van der Waals surface area contributed by atoms with Crippen LogP contribution in [0.5, 0.6) is 11.5 Å². The molecule has 3 aromatic heterocycles. The Kier molecular flexibility index (Phi) is 5.06. The van der Waals surface area contributed by atoms with Gasteiger partial charge in [0.25, 0.3) is 5.91 Å². The zero-order chi connectivity index (χ0) is 22.1. The molecule has 0 saturated carbocycles. The molecular weight excluding hydrogens is 410 g/mol. The van der Waals surface area contributed by atoms with Gasteiger partial charge in [-0.3, -0.25) is 9.78 Å². The Labute approximate surface area is 184 Å². The van der Waals surface area contributed by atoms with E-state index >= 15 is 0 Å². The molecule has 9 heteroatoms. The van der Waals surface area contributed by atoms with E-state index in [1.807, 2.05) is 42.7 Å². The van der Waals surface area contributed by atoms with Crippen molar-refractivity contribution in [2.75, 3.05) is 13.2 Å². The van der Waals surface area contributed by atoms with Crippen LogP contribution in [0.1, 0.15) is 27.6 Å². The number of rotatable bonds is 5. The SMILES string of the molecule is Cc1cc(C(=O)NCc2nc(-c3ccncc3)no2)c(C)n1-c1ccc2c(c1)OCCO2. The molecule has 4 heterocycles. The van der Waals surface area contributed by atoms with Crippen LogP contribution in [0.15, 0.2) is 53.3 Å². The van der Waals surface area contributed by atoms with Crippen LogP contribution in [-0.2, 0) is 6.54 Å². The molecule has 0 saturated heterocycles. The Balaban J connectivity index is 1.33. The normalized spacial score (nSPS) is 12.6. The second kappa shape index (κ2) is 8.18. The minimum absolute atomic E-state index is 0.130. The number of fused-ring (bicyclic) bond motifs is 1. The van der Waals surface area contributed by atoms with Gasteiger partial charge in [0.15, 0.2) is 11.5 Å². The average molecular weight is 431 g/mol. The van der Waals surface area contributed by atoms with Crippen LogP contribution in [0.4, 0.5) is 0 Å². The Morgan fingerprint density at radius 2 is 1.84 bits per heavy atom. The van der Waals surface area contributed by atoms with Gasteiger partial charge in [0.2, 0.25) is 11.7 Å². The minimum atomic E-state index is -0.217. The molecule has 0 bridgehead atoms. The van der Waals surface area contributed by atoms with Crippen molar-refractivity contribution in [3.05, 3.63) is 71.6 Å². The molecule has 0 unspecified atom stereocenters. The fraction of sp³-hybridized carbons (Fsp3) is 0.217. The lowest BCUT2D eigenvalue weighted by Gasteiger charge is -2.20. The second-order valence-electron chi connectivity index (χ2n) is 7.38. The van der Waals surface area contributed by atoms with Crippen molar-refractivity contribution in [1.82, 2.24) is 25.0 Å². The molecule has 1 amide bonds. The Hall–Kier alpha value is -4.14. The number of pyridine rings is 1. The largest absolute Gasteiger partial charge is 0.486 e. The zero-order valence-corrected chi connectivity index (χ0v) is 17.7. The predicted octanol–water partition coefficient (Wildman–Crippen LogP) is 3.24. The predicted molar refractivity (Wildman–Crippen MR) is 115 cm³/mol. The van der Waals surface area contributed by atoms with Gasteiger partial charge >= 0.3 is 0 Å². The van der Waals surface area contributed by atoms with Crippen molar-refractivity contribution >= 4 is 5.91 Å². The highest BCUT2D eigenvalue weighted by Gasteiger charge is 2.19. The maximum atomic E-state index is 12.9. The standard InChI is InChI=1S/C23H21N5O4/c1-14-11-18(15(2)28(14)17-3-4-19-20(12-17)31-10-9-30-19)23(29)25-13-21-26-22(27-32-21)16-5-7-24-8-6-16/h3-8,11-12H,9-10,13H2,1-2H3,(H,25,29). The monoisotopic (exact) mass is 431 g/mol. The highest BCUT2D eigenvalue weighted by molar-refractivity contribution is 5.95. The third-order valence-corrected chi connectivity index (χ3v) is 5.27. The molecule has 0 spiro atoms. The topological polar surface area (TPSA) is 104 Å². The summed E-state index contributed by atoms with van der Waals surface area (Å²) in [6.45, 7) is 5.06. The number of benzene rings is 1. The molecule has 1 aromatic carbocycles. The van der Waals surface area contributed by atoms with Crippen LogP contribution in [0.25, 0.3) is 17.1 Å². The first-order valence-electron chi connectivity index (χ1n) is 10.2. The van der Waals surface area contributed by atoms with Gasteiger partial charge in [0.1, 0.15) is 13.2 Å². The molecular formula is C23H21N5O4. The van der Waals surface area contributed by atoms with Crippen molar-refractivity contribution in [3.8, 4) is 28.6 Å². The molecule has 1 aliphatic heterocycles. The maximum Gasteiger partial charge on any atom is 0.253 e. The Bertz CT molecular complexity index is 1280. The minimum Gasteiger partial charge on any atom is -0.486 e. The van der Waals surface area contributed by atoms with E-state index in [-0.39, 0.29) is 12.5 Å². The number of hydrogen-bond acceptors (Lipinski definition) is 7. The number of carbonyl (C=O) groups excluding carboxylic acids is 1. The summed E-state index contributed by atoms with van der Waals surface area (Å²) in [5.41, 5.74) is 4.03. The summed E-state index contributed by atoms with van der Waals surface area (Å²) >= 11 is 0. The summed E-state index contributed by atoms with van der Waals surface area (Å²) in [7, 11) is 0. The lowest BCUT2D eigenvalue weighted by Crippen LogP contribution is -2.23. The van der Waals surface area contributed by atoms with Crippen LogP contribution in [0, 0.1) is 13.8 Å². The summed E-state index contributed by atoms with van der Waals surface area (Å²) in [6.07, 6.45) is 3.31. The number of nitrogens with zero attached hydrogens (tertiary/aromatic N) is 4. The third-order valence-electron chi connectivity index (χ3n) is 5.27. The van der Waals surface area contributed by atoms with Crippen LogP contribution in [-0.4, -0.2) is 38.8 Å². The summed E-state index contributed by atoms with van der Waals surface area (Å²) in [5.74, 6) is 1.99. The molecule has 1 aliphatic rings. The number of aryl methyl sites for hydroxylation is 1. The molecule has 1 N–H and O–H groups in total. The number of amides is 1. The quantitative estimate of drug-likeness (QED) is 0.517. The van der Waals surface area contributed by atoms with E-state index in [4.69, 9.17) is 14.0 Å².